The number of aliphatic hydroxyl groups excluding tert-OH is 1. The highest BCUT2D eigenvalue weighted by atomic mass is 16.3. The molecule has 0 saturated carbocycles. The minimum atomic E-state index is -0.137. The van der Waals surface area contributed by atoms with Gasteiger partial charge in [0, 0.05) is 0 Å². The van der Waals surface area contributed by atoms with E-state index in [0.717, 1.165) is 25.7 Å². The molecule has 1 aromatic carbocycles. The zero-order valence-electron chi connectivity index (χ0n) is 11.7. The van der Waals surface area contributed by atoms with Crippen molar-refractivity contribution in [1.82, 2.24) is 0 Å². The van der Waals surface area contributed by atoms with Crippen molar-refractivity contribution in [2.45, 2.75) is 64.9 Å². The van der Waals surface area contributed by atoms with Crippen molar-refractivity contribution in [1.29, 1.82) is 0 Å². The zero-order valence-corrected chi connectivity index (χ0v) is 11.7. The maximum absolute atomic E-state index is 9.69. The standard InChI is InChI=1S/C16H26O/c1-5-6-15(17)12-9-13-7-10-14(11-8-13)16(2,3)4/h7-8,10-11,15,17H,5-6,9,12H2,1-4H3. The first-order valence-electron chi connectivity index (χ1n) is 6.71. The van der Waals surface area contributed by atoms with Crippen molar-refractivity contribution in [3.05, 3.63) is 35.4 Å². The summed E-state index contributed by atoms with van der Waals surface area (Å²) in [5.41, 5.74) is 2.92. The average Bonchev–Trinajstić information content (AvgIpc) is 2.26. The van der Waals surface area contributed by atoms with Crippen molar-refractivity contribution in [2.24, 2.45) is 0 Å². The maximum atomic E-state index is 9.69. The lowest BCUT2D eigenvalue weighted by Crippen LogP contribution is -2.11. The molecular formula is C16H26O. The smallest absolute Gasteiger partial charge is 0.0543 e. The first kappa shape index (κ1) is 14.2. The third kappa shape index (κ3) is 4.91. The van der Waals surface area contributed by atoms with Crippen molar-refractivity contribution in [3.8, 4) is 0 Å². The van der Waals surface area contributed by atoms with Gasteiger partial charge in [-0.1, -0.05) is 58.4 Å². The zero-order chi connectivity index (χ0) is 12.9. The van der Waals surface area contributed by atoms with Gasteiger partial charge >= 0.3 is 0 Å². The van der Waals surface area contributed by atoms with Crippen LogP contribution in [0.25, 0.3) is 0 Å². The topological polar surface area (TPSA) is 20.2 Å². The Bertz CT molecular complexity index is 318. The lowest BCUT2D eigenvalue weighted by molar-refractivity contribution is 0.154. The van der Waals surface area contributed by atoms with Gasteiger partial charge in [0.05, 0.1) is 6.10 Å². The monoisotopic (exact) mass is 234 g/mol. The van der Waals surface area contributed by atoms with Crippen molar-refractivity contribution < 1.29 is 5.11 Å². The van der Waals surface area contributed by atoms with Crippen LogP contribution in [0.2, 0.25) is 0 Å². The Morgan fingerprint density at radius 1 is 1.06 bits per heavy atom. The number of hydrogen-bond acceptors (Lipinski definition) is 1. The van der Waals surface area contributed by atoms with Crippen molar-refractivity contribution >= 4 is 0 Å². The van der Waals surface area contributed by atoms with Crippen LogP contribution >= 0.6 is 0 Å². The molecule has 1 N–H and O–H groups in total. The lowest BCUT2D eigenvalue weighted by atomic mass is 9.86. The van der Waals surface area contributed by atoms with E-state index in [2.05, 4.69) is 52.0 Å². The Labute approximate surface area is 106 Å². The summed E-state index contributed by atoms with van der Waals surface area (Å²) >= 11 is 0. The van der Waals surface area contributed by atoms with Crippen LogP contribution < -0.4 is 0 Å². The molecule has 0 aromatic heterocycles. The van der Waals surface area contributed by atoms with Crippen molar-refractivity contribution in [3.63, 3.8) is 0 Å². The number of aliphatic hydroxyl groups is 1. The average molecular weight is 234 g/mol. The Morgan fingerprint density at radius 3 is 2.12 bits per heavy atom. The molecule has 1 atom stereocenters. The largest absolute Gasteiger partial charge is 0.393 e. The second kappa shape index (κ2) is 6.20. The van der Waals surface area contributed by atoms with Gasteiger partial charge < -0.3 is 5.11 Å². The van der Waals surface area contributed by atoms with Gasteiger partial charge in [-0.15, -0.1) is 0 Å². The summed E-state index contributed by atoms with van der Waals surface area (Å²) in [7, 11) is 0. The molecule has 96 valence electrons. The predicted octanol–water partition coefficient (Wildman–Crippen LogP) is 4.08. The molecule has 1 heteroatoms. The Morgan fingerprint density at radius 2 is 1.65 bits per heavy atom. The van der Waals surface area contributed by atoms with Gasteiger partial charge in [-0.25, -0.2) is 0 Å². The van der Waals surface area contributed by atoms with E-state index in [-0.39, 0.29) is 11.5 Å². The summed E-state index contributed by atoms with van der Waals surface area (Å²) in [5.74, 6) is 0. The van der Waals surface area contributed by atoms with Gasteiger partial charge in [0.15, 0.2) is 0 Å². The lowest BCUT2D eigenvalue weighted by Gasteiger charge is -2.19. The highest BCUT2D eigenvalue weighted by molar-refractivity contribution is 5.27. The predicted molar refractivity (Wildman–Crippen MR) is 74.4 cm³/mol. The van der Waals surface area contributed by atoms with E-state index in [4.69, 9.17) is 0 Å². The highest BCUT2D eigenvalue weighted by Gasteiger charge is 2.12. The fourth-order valence-electron chi connectivity index (χ4n) is 1.98. The van der Waals surface area contributed by atoms with E-state index < -0.39 is 0 Å². The van der Waals surface area contributed by atoms with Gasteiger partial charge in [-0.2, -0.15) is 0 Å². The Kier molecular flexibility index (Phi) is 5.20. The van der Waals surface area contributed by atoms with Crippen LogP contribution in [0, 0.1) is 0 Å². The molecule has 0 saturated heterocycles. The minimum absolute atomic E-state index is 0.137. The Balaban J connectivity index is 2.51. The number of aryl methyl sites for hydroxylation is 1. The molecule has 1 unspecified atom stereocenters. The molecule has 1 aromatic rings. The first-order valence-corrected chi connectivity index (χ1v) is 6.71. The molecular weight excluding hydrogens is 208 g/mol. The van der Waals surface area contributed by atoms with E-state index in [1.807, 2.05) is 0 Å². The molecule has 0 fully saturated rings. The number of hydrogen-bond donors (Lipinski definition) is 1. The number of rotatable bonds is 5. The summed E-state index contributed by atoms with van der Waals surface area (Å²) in [6.07, 6.45) is 3.70. The fraction of sp³-hybridized carbons (Fsp3) is 0.625. The third-order valence-electron chi connectivity index (χ3n) is 3.21. The summed E-state index contributed by atoms with van der Waals surface area (Å²) in [5, 5.41) is 9.69. The number of benzene rings is 1. The molecule has 0 radical (unpaired) electrons. The maximum Gasteiger partial charge on any atom is 0.0543 e. The molecule has 0 amide bonds. The van der Waals surface area contributed by atoms with E-state index >= 15 is 0 Å². The molecule has 0 aliphatic carbocycles. The summed E-state index contributed by atoms with van der Waals surface area (Å²) in [4.78, 5) is 0. The second-order valence-corrected chi connectivity index (χ2v) is 5.93. The van der Waals surface area contributed by atoms with E-state index in [0.29, 0.717) is 0 Å². The minimum Gasteiger partial charge on any atom is -0.393 e. The quantitative estimate of drug-likeness (QED) is 0.814. The Hall–Kier alpha value is -0.820. The van der Waals surface area contributed by atoms with Crippen LogP contribution in [0.3, 0.4) is 0 Å². The van der Waals surface area contributed by atoms with Crippen LogP contribution in [0.15, 0.2) is 24.3 Å². The molecule has 0 heterocycles. The van der Waals surface area contributed by atoms with Crippen LogP contribution in [0.1, 0.15) is 58.1 Å². The third-order valence-corrected chi connectivity index (χ3v) is 3.21. The summed E-state index contributed by atoms with van der Waals surface area (Å²) in [6, 6.07) is 8.81. The molecule has 0 bridgehead atoms. The SMILES string of the molecule is CCCC(O)CCc1ccc(C(C)(C)C)cc1. The first-order chi connectivity index (χ1) is 7.93. The molecule has 0 aliphatic rings. The van der Waals surface area contributed by atoms with Gasteiger partial charge in [-0.05, 0) is 35.8 Å². The van der Waals surface area contributed by atoms with Gasteiger partial charge in [0.2, 0.25) is 0 Å². The van der Waals surface area contributed by atoms with Crippen LogP contribution in [-0.2, 0) is 11.8 Å². The van der Waals surface area contributed by atoms with E-state index in [1.54, 1.807) is 0 Å². The molecule has 0 spiro atoms. The normalized spacial score (nSPS) is 13.7. The van der Waals surface area contributed by atoms with Crippen molar-refractivity contribution in [2.75, 3.05) is 0 Å². The fourth-order valence-corrected chi connectivity index (χ4v) is 1.98. The van der Waals surface area contributed by atoms with Crippen LogP contribution in [0.4, 0.5) is 0 Å². The molecule has 0 aliphatic heterocycles. The highest BCUT2D eigenvalue weighted by Crippen LogP contribution is 2.22. The second-order valence-electron chi connectivity index (χ2n) is 5.93. The molecule has 1 nitrogen and oxygen atoms in total. The summed E-state index contributed by atoms with van der Waals surface area (Å²) in [6.45, 7) is 8.80. The van der Waals surface area contributed by atoms with Gasteiger partial charge in [0.25, 0.3) is 0 Å². The van der Waals surface area contributed by atoms with E-state index in [9.17, 15) is 5.11 Å². The van der Waals surface area contributed by atoms with Gasteiger partial charge in [0.1, 0.15) is 0 Å². The van der Waals surface area contributed by atoms with Crippen LogP contribution in [0.5, 0.6) is 0 Å². The molecule has 1 rings (SSSR count). The summed E-state index contributed by atoms with van der Waals surface area (Å²) < 4.78 is 0. The molecule has 17 heavy (non-hydrogen) atoms. The van der Waals surface area contributed by atoms with E-state index in [1.165, 1.54) is 11.1 Å². The van der Waals surface area contributed by atoms with Gasteiger partial charge in [-0.3, -0.25) is 0 Å². The van der Waals surface area contributed by atoms with Crippen LogP contribution in [-0.4, -0.2) is 11.2 Å².